The van der Waals surface area contributed by atoms with E-state index in [9.17, 15) is 0 Å². The lowest BCUT2D eigenvalue weighted by atomic mass is 9.88. The second-order valence-corrected chi connectivity index (χ2v) is 11.2. The zero-order valence-electron chi connectivity index (χ0n) is 14.9. The molecule has 0 aliphatic rings. The molecule has 0 N–H and O–H groups in total. The molecule has 1 aromatic carbocycles. The Kier molecular flexibility index (Phi) is 7.23. The van der Waals surface area contributed by atoms with Crippen LogP contribution in [-0.2, 0) is 12.8 Å². The molecular weight excluding hydrogens is 367 g/mol. The van der Waals surface area contributed by atoms with E-state index in [1.165, 1.54) is 55.2 Å². The van der Waals surface area contributed by atoms with Crippen molar-refractivity contribution in [2.24, 2.45) is 5.41 Å². The summed E-state index contributed by atoms with van der Waals surface area (Å²) in [6, 6.07) is 7.12. The molecule has 1 heteroatoms. The Morgan fingerprint density at radius 3 is 2.05 bits per heavy atom. The van der Waals surface area contributed by atoms with Crippen LogP contribution in [0, 0.1) is 12.3 Å². The van der Waals surface area contributed by atoms with E-state index < -0.39 is 0 Å². The summed E-state index contributed by atoms with van der Waals surface area (Å²) < 4.78 is 0.429. The molecule has 1 aromatic rings. The van der Waals surface area contributed by atoms with Gasteiger partial charge in [-0.25, -0.2) is 0 Å². The van der Waals surface area contributed by atoms with Crippen molar-refractivity contribution < 1.29 is 0 Å². The fourth-order valence-electron chi connectivity index (χ4n) is 2.72. The van der Waals surface area contributed by atoms with Gasteiger partial charge in [-0.1, -0.05) is 75.4 Å². The standard InChI is InChI=1S/C20H33I/c1-16-15-17(9-7-13-19(2,3)4)11-12-18(16)10-8-14-20(5,6)21/h11-12,15H,7-10,13-14H2,1-6H3. The summed E-state index contributed by atoms with van der Waals surface area (Å²) in [5.74, 6) is 0. The van der Waals surface area contributed by atoms with E-state index in [0.29, 0.717) is 8.84 Å². The lowest BCUT2D eigenvalue weighted by Crippen LogP contribution is -2.09. The second-order valence-electron chi connectivity index (χ2n) is 8.25. The molecule has 0 aliphatic heterocycles. The third kappa shape index (κ3) is 8.85. The maximum Gasteiger partial charge on any atom is 0.0166 e. The van der Waals surface area contributed by atoms with Crippen molar-refractivity contribution in [2.45, 2.75) is 83.5 Å². The molecule has 0 bridgehead atoms. The van der Waals surface area contributed by atoms with E-state index in [1.54, 1.807) is 0 Å². The molecule has 0 amide bonds. The summed E-state index contributed by atoms with van der Waals surface area (Å²) in [5.41, 5.74) is 4.99. The first-order valence-corrected chi connectivity index (χ1v) is 9.42. The predicted octanol–water partition coefficient (Wildman–Crippen LogP) is 6.90. The second kappa shape index (κ2) is 7.99. The molecule has 21 heavy (non-hydrogen) atoms. The van der Waals surface area contributed by atoms with Crippen molar-refractivity contribution in [3.8, 4) is 0 Å². The van der Waals surface area contributed by atoms with Gasteiger partial charge in [-0.2, -0.15) is 0 Å². The Bertz CT molecular complexity index is 432. The molecule has 0 atom stereocenters. The monoisotopic (exact) mass is 400 g/mol. The van der Waals surface area contributed by atoms with E-state index in [0.717, 1.165) is 0 Å². The fraction of sp³-hybridized carbons (Fsp3) is 0.700. The Morgan fingerprint density at radius 1 is 0.905 bits per heavy atom. The Hall–Kier alpha value is -0.0500. The van der Waals surface area contributed by atoms with Crippen LogP contribution in [0.5, 0.6) is 0 Å². The topological polar surface area (TPSA) is 0 Å². The molecule has 0 radical (unpaired) electrons. The van der Waals surface area contributed by atoms with Crippen LogP contribution in [0.3, 0.4) is 0 Å². The van der Waals surface area contributed by atoms with Crippen LogP contribution in [0.1, 0.15) is 77.0 Å². The third-order valence-corrected chi connectivity index (χ3v) is 4.56. The molecule has 0 fully saturated rings. The van der Waals surface area contributed by atoms with Crippen molar-refractivity contribution in [3.05, 3.63) is 34.9 Å². The van der Waals surface area contributed by atoms with Crippen LogP contribution >= 0.6 is 22.6 Å². The molecular formula is C20H33I. The van der Waals surface area contributed by atoms with Crippen LogP contribution in [0.2, 0.25) is 0 Å². The van der Waals surface area contributed by atoms with Gasteiger partial charge in [-0.15, -0.1) is 0 Å². The minimum Gasteiger partial charge on any atom is -0.0795 e. The Labute approximate surface area is 146 Å². The SMILES string of the molecule is Cc1cc(CCCC(C)(C)C)ccc1CCCC(C)(C)I. The van der Waals surface area contributed by atoms with Gasteiger partial charge in [0.2, 0.25) is 0 Å². The molecule has 0 saturated carbocycles. The van der Waals surface area contributed by atoms with Gasteiger partial charge in [0.25, 0.3) is 0 Å². The van der Waals surface area contributed by atoms with Gasteiger partial charge in [-0.3, -0.25) is 0 Å². The molecule has 0 nitrogen and oxygen atoms in total. The fourth-order valence-corrected chi connectivity index (χ4v) is 3.10. The summed E-state index contributed by atoms with van der Waals surface area (Å²) in [7, 11) is 0. The minimum absolute atomic E-state index is 0.429. The average molecular weight is 400 g/mol. The van der Waals surface area contributed by atoms with Gasteiger partial charge in [0.15, 0.2) is 0 Å². The maximum atomic E-state index is 2.55. The first kappa shape index (κ1) is 19.0. The number of rotatable bonds is 7. The predicted molar refractivity (Wildman–Crippen MR) is 105 cm³/mol. The zero-order valence-corrected chi connectivity index (χ0v) is 17.0. The highest BCUT2D eigenvalue weighted by molar-refractivity contribution is 14.1. The summed E-state index contributed by atoms with van der Waals surface area (Å²) in [4.78, 5) is 0. The molecule has 120 valence electrons. The molecule has 0 aliphatic carbocycles. The molecule has 0 unspecified atom stereocenters. The van der Waals surface area contributed by atoms with Crippen molar-refractivity contribution in [2.75, 3.05) is 0 Å². The van der Waals surface area contributed by atoms with Crippen molar-refractivity contribution in [3.63, 3.8) is 0 Å². The van der Waals surface area contributed by atoms with Crippen LogP contribution in [0.4, 0.5) is 0 Å². The number of hydrogen-bond acceptors (Lipinski definition) is 0. The van der Waals surface area contributed by atoms with Crippen LogP contribution in [-0.4, -0.2) is 3.42 Å². The zero-order chi connectivity index (χ0) is 16.1. The molecule has 0 aromatic heterocycles. The van der Waals surface area contributed by atoms with Crippen LogP contribution in [0.25, 0.3) is 0 Å². The van der Waals surface area contributed by atoms with E-state index in [1.807, 2.05) is 0 Å². The normalized spacial score (nSPS) is 12.7. The third-order valence-electron chi connectivity index (χ3n) is 4.02. The van der Waals surface area contributed by atoms with Crippen molar-refractivity contribution in [1.29, 1.82) is 0 Å². The van der Waals surface area contributed by atoms with E-state index in [2.05, 4.69) is 82.3 Å². The first-order valence-electron chi connectivity index (χ1n) is 8.34. The largest absolute Gasteiger partial charge is 0.0795 e. The van der Waals surface area contributed by atoms with Crippen molar-refractivity contribution in [1.82, 2.24) is 0 Å². The quantitative estimate of drug-likeness (QED) is 0.345. The number of alkyl halides is 1. The highest BCUT2D eigenvalue weighted by Crippen LogP contribution is 2.25. The van der Waals surface area contributed by atoms with Gasteiger partial charge < -0.3 is 0 Å². The lowest BCUT2D eigenvalue weighted by molar-refractivity contribution is 0.365. The Morgan fingerprint density at radius 2 is 1.52 bits per heavy atom. The molecule has 0 saturated heterocycles. The maximum absolute atomic E-state index is 2.55. The Balaban J connectivity index is 2.48. The van der Waals surface area contributed by atoms with Gasteiger partial charge in [0.1, 0.15) is 0 Å². The summed E-state index contributed by atoms with van der Waals surface area (Å²) in [5, 5.41) is 0. The number of aryl methyl sites for hydroxylation is 3. The highest BCUT2D eigenvalue weighted by Gasteiger charge is 2.12. The first-order chi connectivity index (χ1) is 9.57. The lowest BCUT2D eigenvalue weighted by Gasteiger charge is -2.18. The molecule has 0 heterocycles. The van der Waals surface area contributed by atoms with Crippen molar-refractivity contribution >= 4 is 22.6 Å². The number of benzene rings is 1. The van der Waals surface area contributed by atoms with E-state index in [4.69, 9.17) is 0 Å². The van der Waals surface area contributed by atoms with Gasteiger partial charge in [0, 0.05) is 3.42 Å². The van der Waals surface area contributed by atoms with Crippen LogP contribution in [0.15, 0.2) is 18.2 Å². The smallest absolute Gasteiger partial charge is 0.0166 e. The van der Waals surface area contributed by atoms with Gasteiger partial charge in [0.05, 0.1) is 0 Å². The van der Waals surface area contributed by atoms with E-state index >= 15 is 0 Å². The average Bonchev–Trinajstić information content (AvgIpc) is 2.28. The van der Waals surface area contributed by atoms with Gasteiger partial charge >= 0.3 is 0 Å². The van der Waals surface area contributed by atoms with Crippen LogP contribution < -0.4 is 0 Å². The number of halogens is 1. The molecule has 0 spiro atoms. The summed E-state index contributed by atoms with van der Waals surface area (Å²) in [6.07, 6.45) is 7.63. The molecule has 1 rings (SSSR count). The van der Waals surface area contributed by atoms with E-state index in [-0.39, 0.29) is 0 Å². The number of hydrogen-bond donors (Lipinski definition) is 0. The summed E-state index contributed by atoms with van der Waals surface area (Å²) in [6.45, 7) is 13.9. The summed E-state index contributed by atoms with van der Waals surface area (Å²) >= 11 is 2.55. The highest BCUT2D eigenvalue weighted by atomic mass is 127. The minimum atomic E-state index is 0.429. The van der Waals surface area contributed by atoms with Gasteiger partial charge in [-0.05, 0) is 67.6 Å².